The number of benzene rings is 1. The largest absolute Gasteiger partial charge is 0.360 e. The van der Waals surface area contributed by atoms with Gasteiger partial charge in [-0.1, -0.05) is 6.92 Å². The summed E-state index contributed by atoms with van der Waals surface area (Å²) in [4.78, 5) is 24.5. The summed E-state index contributed by atoms with van der Waals surface area (Å²) in [5.41, 5.74) is 1.23. The van der Waals surface area contributed by atoms with Gasteiger partial charge in [0.05, 0.1) is 10.4 Å². The van der Waals surface area contributed by atoms with Gasteiger partial charge in [-0.25, -0.2) is 0 Å². The Morgan fingerprint density at radius 3 is 2.88 bits per heavy atom. The van der Waals surface area contributed by atoms with E-state index in [0.29, 0.717) is 17.5 Å². The molecule has 0 amide bonds. The number of hydrogen-bond acceptors (Lipinski definition) is 3. The number of H-pyrrole nitrogens is 1. The molecule has 0 bridgehead atoms. The Bertz CT molecular complexity index is 572. The minimum Gasteiger partial charge on any atom is -0.360 e. The van der Waals surface area contributed by atoms with Crippen LogP contribution in [0.25, 0.3) is 10.9 Å². The second kappa shape index (κ2) is 3.77. The van der Waals surface area contributed by atoms with Crippen LogP contribution in [0.3, 0.4) is 0 Å². The van der Waals surface area contributed by atoms with Crippen molar-refractivity contribution in [1.82, 2.24) is 4.98 Å². The quantitative estimate of drug-likeness (QED) is 0.488. The van der Waals surface area contributed by atoms with E-state index in [2.05, 4.69) is 4.98 Å². The van der Waals surface area contributed by atoms with Gasteiger partial charge in [0.2, 0.25) is 0 Å². The average molecular weight is 218 g/mol. The van der Waals surface area contributed by atoms with Crippen molar-refractivity contribution >= 4 is 22.4 Å². The third-order valence-electron chi connectivity index (χ3n) is 2.50. The number of carbonyl (C=O) groups is 1. The van der Waals surface area contributed by atoms with Crippen LogP contribution < -0.4 is 0 Å². The standard InChI is InChI=1S/C11H10N2O3/c1-2-11(14)9-6-12-10-5-7(13(15)16)3-4-8(9)10/h3-6,12H,2H2,1H3. The Kier molecular flexibility index (Phi) is 2.44. The molecule has 1 N–H and O–H groups in total. The molecule has 0 atom stereocenters. The van der Waals surface area contributed by atoms with Gasteiger partial charge in [0.15, 0.2) is 5.78 Å². The van der Waals surface area contributed by atoms with Crippen LogP contribution in [0, 0.1) is 10.1 Å². The number of rotatable bonds is 3. The van der Waals surface area contributed by atoms with E-state index in [4.69, 9.17) is 0 Å². The number of nitro benzene ring substituents is 1. The first-order chi connectivity index (χ1) is 7.63. The number of aromatic amines is 1. The van der Waals surface area contributed by atoms with Gasteiger partial charge < -0.3 is 4.98 Å². The van der Waals surface area contributed by atoms with Gasteiger partial charge in [0.25, 0.3) is 5.69 Å². The normalized spacial score (nSPS) is 10.6. The van der Waals surface area contributed by atoms with E-state index in [1.165, 1.54) is 12.1 Å². The maximum atomic E-state index is 11.6. The molecule has 5 heteroatoms. The first kappa shape index (κ1) is 10.4. The first-order valence-corrected chi connectivity index (χ1v) is 4.92. The van der Waals surface area contributed by atoms with Crippen LogP contribution in [0.4, 0.5) is 5.69 Å². The van der Waals surface area contributed by atoms with Crippen molar-refractivity contribution in [2.75, 3.05) is 0 Å². The molecular weight excluding hydrogens is 208 g/mol. The minimum atomic E-state index is -0.457. The molecule has 0 radical (unpaired) electrons. The molecule has 5 nitrogen and oxygen atoms in total. The summed E-state index contributed by atoms with van der Waals surface area (Å²) in [5.74, 6) is 0.0279. The molecule has 0 fully saturated rings. The van der Waals surface area contributed by atoms with Gasteiger partial charge in [0.1, 0.15) is 0 Å². The molecule has 0 spiro atoms. The van der Waals surface area contributed by atoms with Crippen molar-refractivity contribution in [3.05, 3.63) is 40.1 Å². The van der Waals surface area contributed by atoms with Crippen LogP contribution in [0.2, 0.25) is 0 Å². The second-order valence-corrected chi connectivity index (χ2v) is 3.47. The third kappa shape index (κ3) is 1.56. The van der Waals surface area contributed by atoms with Crippen LogP contribution >= 0.6 is 0 Å². The van der Waals surface area contributed by atoms with E-state index in [0.717, 1.165) is 5.39 Å². The van der Waals surface area contributed by atoms with Crippen molar-refractivity contribution in [3.8, 4) is 0 Å². The minimum absolute atomic E-state index is 0.0184. The molecule has 1 aromatic carbocycles. The zero-order valence-electron chi connectivity index (χ0n) is 8.69. The smallest absolute Gasteiger partial charge is 0.271 e. The van der Waals surface area contributed by atoms with E-state index in [9.17, 15) is 14.9 Å². The monoisotopic (exact) mass is 218 g/mol. The topological polar surface area (TPSA) is 76.0 Å². The Morgan fingerprint density at radius 2 is 2.25 bits per heavy atom. The highest BCUT2D eigenvalue weighted by Gasteiger charge is 2.13. The van der Waals surface area contributed by atoms with Crippen molar-refractivity contribution in [3.63, 3.8) is 0 Å². The number of hydrogen-bond donors (Lipinski definition) is 1. The second-order valence-electron chi connectivity index (χ2n) is 3.47. The van der Waals surface area contributed by atoms with Crippen molar-refractivity contribution < 1.29 is 9.72 Å². The molecule has 0 saturated carbocycles. The van der Waals surface area contributed by atoms with Gasteiger partial charge in [0, 0.05) is 35.7 Å². The highest BCUT2D eigenvalue weighted by atomic mass is 16.6. The summed E-state index contributed by atoms with van der Waals surface area (Å²) in [6.45, 7) is 1.78. The van der Waals surface area contributed by atoms with E-state index < -0.39 is 4.92 Å². The number of nitrogens with one attached hydrogen (secondary N) is 1. The van der Waals surface area contributed by atoms with Gasteiger partial charge in [-0.05, 0) is 6.07 Å². The maximum Gasteiger partial charge on any atom is 0.271 e. The highest BCUT2D eigenvalue weighted by molar-refractivity contribution is 6.08. The molecule has 0 unspecified atom stereocenters. The van der Waals surface area contributed by atoms with Gasteiger partial charge in [-0.3, -0.25) is 14.9 Å². The predicted octanol–water partition coefficient (Wildman–Crippen LogP) is 2.67. The number of fused-ring (bicyclic) bond motifs is 1. The molecule has 0 saturated heterocycles. The summed E-state index contributed by atoms with van der Waals surface area (Å²) in [7, 11) is 0. The van der Waals surface area contributed by atoms with E-state index in [1.807, 2.05) is 0 Å². The van der Waals surface area contributed by atoms with Crippen molar-refractivity contribution in [1.29, 1.82) is 0 Å². The Labute approximate surface area is 91.2 Å². The van der Waals surface area contributed by atoms with E-state index in [1.54, 1.807) is 19.2 Å². The fraction of sp³-hybridized carbons (Fsp3) is 0.182. The molecule has 16 heavy (non-hydrogen) atoms. The number of Topliss-reactive ketones (excluding diaryl/α,β-unsaturated/α-hetero) is 1. The molecule has 0 aliphatic rings. The van der Waals surface area contributed by atoms with Gasteiger partial charge >= 0.3 is 0 Å². The Balaban J connectivity index is 2.59. The lowest BCUT2D eigenvalue weighted by atomic mass is 10.1. The van der Waals surface area contributed by atoms with Crippen molar-refractivity contribution in [2.45, 2.75) is 13.3 Å². The Hall–Kier alpha value is -2.17. The summed E-state index contributed by atoms with van der Waals surface area (Å²) in [6.07, 6.45) is 2.02. The molecule has 1 aromatic heterocycles. The molecular formula is C11H10N2O3. The third-order valence-corrected chi connectivity index (χ3v) is 2.50. The number of ketones is 1. The molecule has 82 valence electrons. The summed E-state index contributed by atoms with van der Waals surface area (Å²) in [5, 5.41) is 11.3. The highest BCUT2D eigenvalue weighted by Crippen LogP contribution is 2.23. The van der Waals surface area contributed by atoms with Crippen LogP contribution in [-0.4, -0.2) is 15.7 Å². The van der Waals surface area contributed by atoms with Gasteiger partial charge in [-0.15, -0.1) is 0 Å². The van der Waals surface area contributed by atoms with Crippen molar-refractivity contribution in [2.24, 2.45) is 0 Å². The fourth-order valence-corrected chi connectivity index (χ4v) is 1.65. The number of carbonyl (C=O) groups excluding carboxylic acids is 1. The number of nitrogens with zero attached hydrogens (tertiary/aromatic N) is 1. The Morgan fingerprint density at radius 1 is 1.50 bits per heavy atom. The van der Waals surface area contributed by atoms with Crippen LogP contribution in [-0.2, 0) is 0 Å². The van der Waals surface area contributed by atoms with Crippen LogP contribution in [0.1, 0.15) is 23.7 Å². The zero-order valence-corrected chi connectivity index (χ0v) is 8.69. The van der Waals surface area contributed by atoms with Crippen LogP contribution in [0.15, 0.2) is 24.4 Å². The molecule has 2 aromatic rings. The average Bonchev–Trinajstić information content (AvgIpc) is 2.70. The van der Waals surface area contributed by atoms with Gasteiger partial charge in [-0.2, -0.15) is 0 Å². The summed E-state index contributed by atoms with van der Waals surface area (Å²) >= 11 is 0. The predicted molar refractivity (Wildman–Crippen MR) is 59.6 cm³/mol. The number of aromatic nitrogens is 1. The molecule has 0 aliphatic carbocycles. The zero-order chi connectivity index (χ0) is 11.7. The van der Waals surface area contributed by atoms with Crippen LogP contribution in [0.5, 0.6) is 0 Å². The van der Waals surface area contributed by atoms with E-state index >= 15 is 0 Å². The van der Waals surface area contributed by atoms with E-state index in [-0.39, 0.29) is 11.5 Å². The SMILES string of the molecule is CCC(=O)c1c[nH]c2cc([N+](=O)[O-])ccc12. The number of non-ortho nitro benzene ring substituents is 1. The molecule has 2 rings (SSSR count). The molecule has 1 heterocycles. The lowest BCUT2D eigenvalue weighted by Gasteiger charge is -1.95. The summed E-state index contributed by atoms with van der Waals surface area (Å²) in [6, 6.07) is 4.44. The first-order valence-electron chi connectivity index (χ1n) is 4.92. The number of nitro groups is 1. The molecule has 0 aliphatic heterocycles. The fourth-order valence-electron chi connectivity index (χ4n) is 1.65. The maximum absolute atomic E-state index is 11.6. The summed E-state index contributed by atoms with van der Waals surface area (Å²) < 4.78 is 0. The lowest BCUT2D eigenvalue weighted by Crippen LogP contribution is -1.94. The lowest BCUT2D eigenvalue weighted by molar-refractivity contribution is -0.384.